The number of ether oxygens (including phenoxy) is 1. The zero-order chi connectivity index (χ0) is 15.1. The quantitative estimate of drug-likeness (QED) is 0.210. The average molecular weight is 295 g/mol. The Kier molecular flexibility index (Phi) is 5.33. The van der Waals surface area contributed by atoms with Gasteiger partial charge in [0.1, 0.15) is 6.04 Å². The average Bonchev–Trinajstić information content (AvgIpc) is 3.00. The minimum absolute atomic E-state index is 0.114. The van der Waals surface area contributed by atoms with Crippen molar-refractivity contribution in [2.75, 3.05) is 19.9 Å². The van der Waals surface area contributed by atoms with Crippen LogP contribution in [-0.2, 0) is 9.57 Å². The van der Waals surface area contributed by atoms with Crippen LogP contribution < -0.4 is 0 Å². The predicted molar refractivity (Wildman–Crippen MR) is 70.7 cm³/mol. The van der Waals surface area contributed by atoms with Crippen molar-refractivity contribution in [3.63, 3.8) is 0 Å². The van der Waals surface area contributed by atoms with E-state index in [0.29, 0.717) is 12.1 Å². The number of carbonyl (C=O) groups excluding carboxylic acids is 1. The van der Waals surface area contributed by atoms with Gasteiger partial charge in [-0.3, -0.25) is 0 Å². The van der Waals surface area contributed by atoms with Gasteiger partial charge in [-0.1, -0.05) is 18.2 Å². The van der Waals surface area contributed by atoms with Crippen LogP contribution in [0.25, 0.3) is 0 Å². The molecule has 0 spiro atoms. The number of benzene rings is 1. The van der Waals surface area contributed by atoms with Crippen LogP contribution in [0.5, 0.6) is 0 Å². The maximum absolute atomic E-state index is 11.6. The molecule has 0 radical (unpaired) electrons. The highest BCUT2D eigenvalue weighted by Crippen LogP contribution is 2.16. The third-order valence-electron chi connectivity index (χ3n) is 3.16. The molecule has 0 aliphatic carbocycles. The van der Waals surface area contributed by atoms with Crippen molar-refractivity contribution in [3.05, 3.63) is 41.1 Å². The normalized spacial score (nSPS) is 18.6. The maximum atomic E-state index is 11.6. The Hall–Kier alpha value is -2.35. The number of hydrogen-bond donors (Lipinski definition) is 1. The molecular formula is C13H17N3O5. The second kappa shape index (κ2) is 7.44. The molecule has 1 saturated heterocycles. The van der Waals surface area contributed by atoms with Gasteiger partial charge in [-0.2, -0.15) is 0 Å². The number of aliphatic hydroxyl groups is 1. The lowest BCUT2D eigenvalue weighted by molar-refractivity contribution is -0.715. The second-order valence-electron chi connectivity index (χ2n) is 4.52. The standard InChI is InChI=1S/C13H17N3O5/c17-9-12-7-4-8-15(12)16(19)14-21-10-20-13(18)11-5-2-1-3-6-11/h1-3,5-6,12,17H,4,7-10H2/b16-14-. The fourth-order valence-electron chi connectivity index (χ4n) is 2.09. The molecule has 0 amide bonds. The van der Waals surface area contributed by atoms with Crippen molar-refractivity contribution < 1.29 is 24.4 Å². The van der Waals surface area contributed by atoms with Crippen LogP contribution >= 0.6 is 0 Å². The predicted octanol–water partition coefficient (Wildman–Crippen LogP) is 1.07. The summed E-state index contributed by atoms with van der Waals surface area (Å²) in [5, 5.41) is 25.4. The highest BCUT2D eigenvalue weighted by molar-refractivity contribution is 5.89. The number of hydrazine groups is 1. The molecular weight excluding hydrogens is 278 g/mol. The van der Waals surface area contributed by atoms with E-state index in [9.17, 15) is 10.0 Å². The molecule has 0 aromatic heterocycles. The van der Waals surface area contributed by atoms with Gasteiger partial charge in [0, 0.05) is 0 Å². The monoisotopic (exact) mass is 295 g/mol. The van der Waals surface area contributed by atoms with Crippen LogP contribution in [0.4, 0.5) is 0 Å². The van der Waals surface area contributed by atoms with Crippen molar-refractivity contribution in [2.24, 2.45) is 5.28 Å². The Morgan fingerprint density at radius 2 is 2.24 bits per heavy atom. The van der Waals surface area contributed by atoms with Crippen molar-refractivity contribution in [1.29, 1.82) is 0 Å². The van der Waals surface area contributed by atoms with E-state index in [2.05, 4.69) is 10.1 Å². The van der Waals surface area contributed by atoms with E-state index in [-0.39, 0.29) is 17.6 Å². The van der Waals surface area contributed by atoms with E-state index >= 15 is 0 Å². The van der Waals surface area contributed by atoms with E-state index in [1.165, 1.54) is 5.01 Å². The first-order valence-electron chi connectivity index (χ1n) is 6.62. The van der Waals surface area contributed by atoms with Crippen molar-refractivity contribution in [1.82, 2.24) is 5.01 Å². The van der Waals surface area contributed by atoms with Crippen LogP contribution in [0.1, 0.15) is 23.2 Å². The topological polar surface area (TPSA) is 97.4 Å². The second-order valence-corrected chi connectivity index (χ2v) is 4.52. The molecule has 8 nitrogen and oxygen atoms in total. The van der Waals surface area contributed by atoms with Crippen LogP contribution in [0.15, 0.2) is 35.6 Å². The highest BCUT2D eigenvalue weighted by atomic mass is 16.8. The van der Waals surface area contributed by atoms with Crippen molar-refractivity contribution in [2.45, 2.75) is 18.9 Å². The van der Waals surface area contributed by atoms with E-state index in [1.807, 2.05) is 0 Å². The molecule has 1 fully saturated rings. The number of aliphatic hydroxyl groups excluding tert-OH is 1. The summed E-state index contributed by atoms with van der Waals surface area (Å²) in [6, 6.07) is 8.17. The van der Waals surface area contributed by atoms with Gasteiger partial charge in [-0.15, -0.1) is 5.01 Å². The third-order valence-corrected chi connectivity index (χ3v) is 3.16. The van der Waals surface area contributed by atoms with Crippen LogP contribution in [0, 0.1) is 5.21 Å². The molecule has 1 heterocycles. The van der Waals surface area contributed by atoms with E-state index in [4.69, 9.17) is 9.84 Å². The Morgan fingerprint density at radius 1 is 1.48 bits per heavy atom. The zero-order valence-electron chi connectivity index (χ0n) is 11.4. The minimum atomic E-state index is -0.558. The summed E-state index contributed by atoms with van der Waals surface area (Å²) in [5.74, 6) is -0.558. The summed E-state index contributed by atoms with van der Waals surface area (Å²) >= 11 is 0. The summed E-state index contributed by atoms with van der Waals surface area (Å²) in [6.07, 6.45) is 1.54. The fraction of sp³-hybridized carbons (Fsp3) is 0.462. The summed E-state index contributed by atoms with van der Waals surface area (Å²) in [7, 11) is 0. The summed E-state index contributed by atoms with van der Waals surface area (Å²) in [6.45, 7) is -0.0628. The van der Waals surface area contributed by atoms with Crippen LogP contribution in [-0.4, -0.2) is 47.0 Å². The number of nitrogens with zero attached hydrogens (tertiary/aromatic N) is 3. The molecule has 1 atom stereocenters. The molecule has 21 heavy (non-hydrogen) atoms. The Morgan fingerprint density at radius 3 is 2.95 bits per heavy atom. The van der Waals surface area contributed by atoms with E-state index < -0.39 is 12.8 Å². The first-order valence-corrected chi connectivity index (χ1v) is 6.62. The molecule has 1 aliphatic heterocycles. The summed E-state index contributed by atoms with van der Waals surface area (Å²) in [5.41, 5.74) is 0.389. The first-order chi connectivity index (χ1) is 10.2. The van der Waals surface area contributed by atoms with Crippen LogP contribution in [0.2, 0.25) is 0 Å². The number of esters is 1. The molecule has 8 heteroatoms. The Labute approximate surface area is 121 Å². The lowest BCUT2D eigenvalue weighted by atomic mass is 10.2. The van der Waals surface area contributed by atoms with Crippen molar-refractivity contribution in [3.8, 4) is 0 Å². The minimum Gasteiger partial charge on any atom is -0.569 e. The van der Waals surface area contributed by atoms with E-state index in [1.54, 1.807) is 30.3 Å². The Bertz CT molecular complexity index is 494. The molecule has 0 saturated carbocycles. The van der Waals surface area contributed by atoms with Crippen LogP contribution in [0.3, 0.4) is 0 Å². The van der Waals surface area contributed by atoms with E-state index in [0.717, 1.165) is 12.8 Å². The van der Waals surface area contributed by atoms with Gasteiger partial charge in [0.2, 0.25) is 5.28 Å². The SMILES string of the molecule is O=C(OCO/N=[N+](\[O-])N1CCCC1CO)c1ccccc1. The molecule has 1 N–H and O–H groups in total. The molecule has 114 valence electrons. The van der Waals surface area contributed by atoms with Gasteiger partial charge in [0.15, 0.2) is 0 Å². The fourth-order valence-corrected chi connectivity index (χ4v) is 2.09. The zero-order valence-corrected chi connectivity index (χ0v) is 11.4. The maximum Gasteiger partial charge on any atom is 0.341 e. The number of hydrogen-bond acceptors (Lipinski definition) is 6. The first kappa shape index (κ1) is 15.0. The van der Waals surface area contributed by atoms with Gasteiger partial charge in [0.05, 0.1) is 23.7 Å². The van der Waals surface area contributed by atoms with Gasteiger partial charge < -0.3 is 19.9 Å². The molecule has 0 bridgehead atoms. The molecule has 2 rings (SSSR count). The van der Waals surface area contributed by atoms with Gasteiger partial charge in [-0.25, -0.2) is 4.79 Å². The summed E-state index contributed by atoms with van der Waals surface area (Å²) < 4.78 is 4.81. The molecule has 1 aliphatic rings. The van der Waals surface area contributed by atoms with Gasteiger partial charge >= 0.3 is 5.97 Å². The lowest BCUT2D eigenvalue weighted by Gasteiger charge is -2.17. The van der Waals surface area contributed by atoms with Gasteiger partial charge in [-0.05, 0) is 25.0 Å². The number of carbonyl (C=O) groups is 1. The molecule has 1 aromatic carbocycles. The summed E-state index contributed by atoms with van der Waals surface area (Å²) in [4.78, 5) is 16.5. The van der Waals surface area contributed by atoms with Crippen molar-refractivity contribution >= 4 is 5.97 Å². The smallest absolute Gasteiger partial charge is 0.341 e. The number of rotatable bonds is 6. The highest BCUT2D eigenvalue weighted by Gasteiger charge is 2.30. The Balaban J connectivity index is 1.76. The molecule has 1 aromatic rings. The van der Waals surface area contributed by atoms with Gasteiger partial charge in [0.25, 0.3) is 6.79 Å². The largest absolute Gasteiger partial charge is 0.569 e. The lowest BCUT2D eigenvalue weighted by Crippen LogP contribution is -2.37. The third kappa shape index (κ3) is 4.06. The molecule has 1 unspecified atom stereocenters.